The Morgan fingerprint density at radius 3 is 2.38 bits per heavy atom. The number of carboxylic acids is 1. The zero-order valence-electron chi connectivity index (χ0n) is 13.7. The van der Waals surface area contributed by atoms with Crippen molar-refractivity contribution in [2.75, 3.05) is 0 Å². The summed E-state index contributed by atoms with van der Waals surface area (Å²) in [5, 5.41) is 49.9. The van der Waals surface area contributed by atoms with Gasteiger partial charge >= 0.3 is 13.1 Å². The number of aromatic carboxylic acids is 1. The fourth-order valence-corrected chi connectivity index (χ4v) is 2.51. The first-order valence-electron chi connectivity index (χ1n) is 7.75. The number of phenols is 2. The number of hydrogen-bond donors (Lipinski definition) is 6. The Balaban J connectivity index is 2.11. The summed E-state index contributed by atoms with van der Waals surface area (Å²) >= 11 is 0. The molecule has 0 aliphatic carbocycles. The van der Waals surface area contributed by atoms with Gasteiger partial charge in [-0.05, 0) is 35.7 Å². The Hall–Kier alpha value is -3.04. The van der Waals surface area contributed by atoms with Gasteiger partial charge in [-0.3, -0.25) is 4.79 Å². The van der Waals surface area contributed by atoms with Crippen molar-refractivity contribution in [3.63, 3.8) is 0 Å². The first-order chi connectivity index (χ1) is 12.3. The molecule has 0 heterocycles. The summed E-state index contributed by atoms with van der Waals surface area (Å²) in [6, 6.07) is 10.1. The Bertz CT molecular complexity index is 809. The van der Waals surface area contributed by atoms with E-state index in [4.69, 9.17) is 5.11 Å². The van der Waals surface area contributed by atoms with Crippen LogP contribution in [0.5, 0.6) is 11.5 Å². The topological polar surface area (TPSA) is 147 Å². The van der Waals surface area contributed by atoms with Crippen molar-refractivity contribution < 1.29 is 35.0 Å². The van der Waals surface area contributed by atoms with Gasteiger partial charge in [-0.1, -0.05) is 24.3 Å². The van der Waals surface area contributed by atoms with Crippen molar-refractivity contribution in [3.8, 4) is 11.5 Å². The number of nitrogens with one attached hydrogen (secondary N) is 1. The molecule has 0 fully saturated rings. The molecule has 8 nitrogen and oxygen atoms in total. The van der Waals surface area contributed by atoms with Crippen LogP contribution in [0.3, 0.4) is 0 Å². The monoisotopic (exact) mass is 359 g/mol. The minimum Gasteiger partial charge on any atom is -0.508 e. The molecular weight excluding hydrogens is 341 g/mol. The van der Waals surface area contributed by atoms with E-state index in [1.54, 1.807) is 12.1 Å². The molecule has 1 amide bonds. The molecule has 136 valence electrons. The highest BCUT2D eigenvalue weighted by molar-refractivity contribution is 6.43. The predicted molar refractivity (Wildman–Crippen MR) is 92.7 cm³/mol. The molecule has 1 atom stereocenters. The van der Waals surface area contributed by atoms with Gasteiger partial charge in [-0.15, -0.1) is 0 Å². The van der Waals surface area contributed by atoms with Gasteiger partial charge in [0.05, 0.1) is 12.4 Å². The van der Waals surface area contributed by atoms with E-state index in [-0.39, 0.29) is 29.7 Å². The van der Waals surface area contributed by atoms with Crippen LogP contribution in [0.15, 0.2) is 42.5 Å². The second-order valence-corrected chi connectivity index (χ2v) is 5.76. The van der Waals surface area contributed by atoms with Crippen LogP contribution in [0.2, 0.25) is 0 Å². The quantitative estimate of drug-likeness (QED) is 0.384. The van der Waals surface area contributed by atoms with Crippen LogP contribution in [0.1, 0.15) is 21.5 Å². The summed E-state index contributed by atoms with van der Waals surface area (Å²) in [4.78, 5) is 23.2. The van der Waals surface area contributed by atoms with E-state index < -0.39 is 30.7 Å². The first kappa shape index (κ1) is 19.3. The molecule has 0 spiro atoms. The molecule has 0 aliphatic rings. The third kappa shape index (κ3) is 4.98. The van der Waals surface area contributed by atoms with Crippen molar-refractivity contribution >= 4 is 19.0 Å². The van der Waals surface area contributed by atoms with E-state index >= 15 is 0 Å². The van der Waals surface area contributed by atoms with Crippen molar-refractivity contribution in [1.82, 2.24) is 5.32 Å². The lowest BCUT2D eigenvalue weighted by atomic mass is 9.75. The highest BCUT2D eigenvalue weighted by Gasteiger charge is 2.27. The van der Waals surface area contributed by atoms with E-state index in [1.807, 2.05) is 0 Å². The van der Waals surface area contributed by atoms with Gasteiger partial charge < -0.3 is 30.7 Å². The average molecular weight is 359 g/mol. The number of carbonyl (C=O) groups excluding carboxylic acids is 1. The molecule has 2 aromatic rings. The molecule has 0 bridgehead atoms. The van der Waals surface area contributed by atoms with E-state index in [0.29, 0.717) is 5.56 Å². The molecular formula is C17H18BNO7. The molecule has 0 saturated carbocycles. The molecule has 1 unspecified atom stereocenters. The lowest BCUT2D eigenvalue weighted by molar-refractivity contribution is -0.120. The molecule has 0 radical (unpaired) electrons. The number of hydrogen-bond acceptors (Lipinski definition) is 6. The predicted octanol–water partition coefficient (Wildman–Crippen LogP) is 0.0780. The summed E-state index contributed by atoms with van der Waals surface area (Å²) in [6.07, 6.45) is -0.283. The molecule has 9 heteroatoms. The SMILES string of the molecule is O=C(Cc1cccc(O)c1)NC(Cc1cccc(C(=O)O)c1O)B(O)O. The minimum atomic E-state index is -1.92. The van der Waals surface area contributed by atoms with Crippen LogP contribution in [-0.4, -0.2) is 50.3 Å². The average Bonchev–Trinajstić information content (AvgIpc) is 2.55. The maximum absolute atomic E-state index is 12.1. The minimum absolute atomic E-state index is 0.00412. The van der Waals surface area contributed by atoms with Crippen LogP contribution in [0, 0.1) is 0 Å². The summed E-state index contributed by atoms with van der Waals surface area (Å²) in [5.41, 5.74) is 0.366. The van der Waals surface area contributed by atoms with Crippen molar-refractivity contribution in [2.24, 2.45) is 0 Å². The standard InChI is InChI=1S/C17H18BNO7/c20-12-5-1-3-10(7-12)8-15(21)19-14(18(25)26)9-11-4-2-6-13(16(11)22)17(23)24/h1-7,14,20,22,25-26H,8-9H2,(H,19,21)(H,23,24). The second-order valence-electron chi connectivity index (χ2n) is 5.76. The van der Waals surface area contributed by atoms with Crippen LogP contribution < -0.4 is 5.32 Å². The molecule has 26 heavy (non-hydrogen) atoms. The normalized spacial score (nSPS) is 11.6. The lowest BCUT2D eigenvalue weighted by Crippen LogP contribution is -2.48. The number of carbonyl (C=O) groups is 2. The number of benzene rings is 2. The smallest absolute Gasteiger partial charge is 0.475 e. The van der Waals surface area contributed by atoms with Crippen LogP contribution >= 0.6 is 0 Å². The maximum Gasteiger partial charge on any atom is 0.475 e. The Morgan fingerprint density at radius 2 is 1.77 bits per heavy atom. The van der Waals surface area contributed by atoms with Gasteiger partial charge in [-0.25, -0.2) is 4.79 Å². The van der Waals surface area contributed by atoms with Crippen molar-refractivity contribution in [1.29, 1.82) is 0 Å². The fourth-order valence-electron chi connectivity index (χ4n) is 2.51. The second kappa shape index (κ2) is 8.37. The van der Waals surface area contributed by atoms with Crippen LogP contribution in [-0.2, 0) is 17.6 Å². The lowest BCUT2D eigenvalue weighted by Gasteiger charge is -2.19. The number of aromatic hydroxyl groups is 2. The summed E-state index contributed by atoms with van der Waals surface area (Å²) in [7, 11) is -1.92. The zero-order valence-corrected chi connectivity index (χ0v) is 13.7. The third-order valence-corrected chi connectivity index (χ3v) is 3.77. The molecule has 2 aromatic carbocycles. The van der Waals surface area contributed by atoms with Gasteiger partial charge in [0.25, 0.3) is 0 Å². The van der Waals surface area contributed by atoms with Gasteiger partial charge in [0.1, 0.15) is 17.1 Å². The zero-order chi connectivity index (χ0) is 19.3. The molecule has 0 aliphatic heterocycles. The summed E-state index contributed by atoms with van der Waals surface area (Å²) in [5.74, 6) is -3.49. The third-order valence-electron chi connectivity index (χ3n) is 3.77. The number of carboxylic acid groups (broad SMARTS) is 1. The van der Waals surface area contributed by atoms with E-state index in [9.17, 15) is 29.9 Å². The van der Waals surface area contributed by atoms with Crippen molar-refractivity contribution in [3.05, 3.63) is 59.2 Å². The maximum atomic E-state index is 12.1. The van der Waals surface area contributed by atoms with Gasteiger partial charge in [-0.2, -0.15) is 0 Å². The molecule has 2 rings (SSSR count). The Labute approximate surface area is 149 Å². The molecule has 0 saturated heterocycles. The van der Waals surface area contributed by atoms with Gasteiger partial charge in [0.2, 0.25) is 5.91 Å². The number of para-hydroxylation sites is 1. The van der Waals surface area contributed by atoms with Crippen LogP contribution in [0.4, 0.5) is 0 Å². The molecule has 6 N–H and O–H groups in total. The van der Waals surface area contributed by atoms with Gasteiger partial charge in [0.15, 0.2) is 0 Å². The van der Waals surface area contributed by atoms with Crippen molar-refractivity contribution in [2.45, 2.75) is 18.8 Å². The Morgan fingerprint density at radius 1 is 1.08 bits per heavy atom. The number of amides is 1. The Kier molecular flexibility index (Phi) is 6.21. The van der Waals surface area contributed by atoms with Crippen LogP contribution in [0.25, 0.3) is 0 Å². The highest BCUT2D eigenvalue weighted by atomic mass is 16.4. The first-order valence-corrected chi connectivity index (χ1v) is 7.75. The largest absolute Gasteiger partial charge is 0.508 e. The molecule has 0 aromatic heterocycles. The highest BCUT2D eigenvalue weighted by Crippen LogP contribution is 2.24. The number of phenolic OH excluding ortho intramolecular Hbond substituents is 1. The van der Waals surface area contributed by atoms with Gasteiger partial charge in [0, 0.05) is 0 Å². The van der Waals surface area contributed by atoms with E-state index in [1.165, 1.54) is 30.3 Å². The summed E-state index contributed by atoms with van der Waals surface area (Å²) in [6.45, 7) is 0. The van der Waals surface area contributed by atoms with E-state index in [0.717, 1.165) is 0 Å². The summed E-state index contributed by atoms with van der Waals surface area (Å²) < 4.78 is 0. The van der Waals surface area contributed by atoms with E-state index in [2.05, 4.69) is 5.32 Å². The number of rotatable bonds is 7. The fraction of sp³-hybridized carbons (Fsp3) is 0.176.